The van der Waals surface area contributed by atoms with Gasteiger partial charge < -0.3 is 16.4 Å². The molecule has 0 aliphatic heterocycles. The van der Waals surface area contributed by atoms with Gasteiger partial charge in [0, 0.05) is 0 Å². The van der Waals surface area contributed by atoms with Gasteiger partial charge in [-0.1, -0.05) is 36.8 Å². The van der Waals surface area contributed by atoms with E-state index >= 15 is 0 Å². The zero-order chi connectivity index (χ0) is 14.4. The van der Waals surface area contributed by atoms with Gasteiger partial charge in [0.1, 0.15) is 0 Å². The lowest BCUT2D eigenvalue weighted by atomic mass is 9.77. The predicted molar refractivity (Wildman–Crippen MR) is 84.0 cm³/mol. The minimum Gasteiger partial charge on any atom is -0.347 e. The average Bonchev–Trinajstić information content (AvgIpc) is 2.43. The Balaban J connectivity index is 0.00000220. The molecule has 5 nitrogen and oxygen atoms in total. The number of nitrogens with one attached hydrogen (secondary N) is 2. The summed E-state index contributed by atoms with van der Waals surface area (Å²) < 4.78 is 0. The third-order valence-electron chi connectivity index (χ3n) is 3.73. The first-order chi connectivity index (χ1) is 9.70. The lowest BCUT2D eigenvalue weighted by molar-refractivity contribution is -0.126. The molecule has 1 saturated carbocycles. The smallest absolute Gasteiger partial charge is 0.239 e. The van der Waals surface area contributed by atoms with Crippen LogP contribution in [0.25, 0.3) is 0 Å². The maximum absolute atomic E-state index is 11.9. The van der Waals surface area contributed by atoms with E-state index in [2.05, 4.69) is 10.6 Å². The third-order valence-corrected chi connectivity index (χ3v) is 3.73. The number of benzene rings is 1. The van der Waals surface area contributed by atoms with Gasteiger partial charge in [-0.2, -0.15) is 0 Å². The highest BCUT2D eigenvalue weighted by Gasteiger charge is 2.29. The zero-order valence-electron chi connectivity index (χ0n) is 11.9. The van der Waals surface area contributed by atoms with E-state index in [0.29, 0.717) is 5.92 Å². The summed E-state index contributed by atoms with van der Waals surface area (Å²) >= 11 is 0. The van der Waals surface area contributed by atoms with Crippen molar-refractivity contribution in [2.24, 2.45) is 11.7 Å². The van der Waals surface area contributed by atoms with Crippen LogP contribution >= 0.6 is 12.4 Å². The number of halogens is 1. The first-order valence-corrected chi connectivity index (χ1v) is 7.02. The molecule has 1 aromatic rings. The number of rotatable bonds is 6. The quantitative estimate of drug-likeness (QED) is 0.736. The largest absolute Gasteiger partial charge is 0.347 e. The average molecular weight is 312 g/mol. The van der Waals surface area contributed by atoms with Gasteiger partial charge >= 0.3 is 0 Å². The number of carbonyl (C=O) groups is 2. The first kappa shape index (κ1) is 17.5. The van der Waals surface area contributed by atoms with E-state index in [4.69, 9.17) is 5.73 Å². The van der Waals surface area contributed by atoms with Gasteiger partial charge in [-0.3, -0.25) is 9.59 Å². The van der Waals surface area contributed by atoms with E-state index in [1.165, 1.54) is 6.42 Å². The van der Waals surface area contributed by atoms with E-state index in [-0.39, 0.29) is 43.4 Å². The van der Waals surface area contributed by atoms with Gasteiger partial charge in [0.25, 0.3) is 0 Å². The maximum Gasteiger partial charge on any atom is 0.239 e. The molecule has 0 saturated heterocycles. The van der Waals surface area contributed by atoms with Crippen molar-refractivity contribution < 1.29 is 9.59 Å². The molecule has 1 atom stereocenters. The molecular formula is C15H22ClN3O2. The van der Waals surface area contributed by atoms with E-state index in [1.54, 1.807) is 0 Å². The van der Waals surface area contributed by atoms with Crippen LogP contribution in [0, 0.1) is 5.92 Å². The van der Waals surface area contributed by atoms with Gasteiger partial charge in [0.05, 0.1) is 19.1 Å². The second-order valence-electron chi connectivity index (χ2n) is 5.13. The van der Waals surface area contributed by atoms with Crippen molar-refractivity contribution in [1.29, 1.82) is 0 Å². The van der Waals surface area contributed by atoms with E-state index in [0.717, 1.165) is 18.4 Å². The van der Waals surface area contributed by atoms with Gasteiger partial charge in [0.2, 0.25) is 11.8 Å². The lowest BCUT2D eigenvalue weighted by Crippen LogP contribution is -2.43. The summed E-state index contributed by atoms with van der Waals surface area (Å²) in [4.78, 5) is 23.0. The van der Waals surface area contributed by atoms with Crippen molar-refractivity contribution in [3.8, 4) is 0 Å². The summed E-state index contributed by atoms with van der Waals surface area (Å²) in [5.41, 5.74) is 6.31. The molecule has 21 heavy (non-hydrogen) atoms. The summed E-state index contributed by atoms with van der Waals surface area (Å²) in [6.07, 6.45) is 3.48. The van der Waals surface area contributed by atoms with Crippen molar-refractivity contribution in [2.75, 3.05) is 13.1 Å². The second-order valence-corrected chi connectivity index (χ2v) is 5.13. The maximum atomic E-state index is 11.9. The van der Waals surface area contributed by atoms with Crippen molar-refractivity contribution in [3.05, 3.63) is 35.9 Å². The van der Waals surface area contributed by atoms with Crippen molar-refractivity contribution >= 4 is 24.2 Å². The van der Waals surface area contributed by atoms with E-state index in [9.17, 15) is 9.59 Å². The highest BCUT2D eigenvalue weighted by molar-refractivity contribution is 5.86. The zero-order valence-corrected chi connectivity index (χ0v) is 12.7. The molecule has 0 spiro atoms. The molecule has 2 rings (SSSR count). The normalized spacial score (nSPS) is 15.3. The molecule has 1 aromatic carbocycles. The Labute approximate surface area is 131 Å². The van der Waals surface area contributed by atoms with Crippen LogP contribution in [-0.2, 0) is 9.59 Å². The molecule has 2 amide bonds. The van der Waals surface area contributed by atoms with Crippen LogP contribution in [0.2, 0.25) is 0 Å². The van der Waals surface area contributed by atoms with Crippen LogP contribution in [0.15, 0.2) is 30.3 Å². The molecule has 0 radical (unpaired) electrons. The second kappa shape index (κ2) is 8.64. The summed E-state index contributed by atoms with van der Waals surface area (Å²) in [6.45, 7) is -0.121. The number of hydrogen-bond acceptors (Lipinski definition) is 3. The third kappa shape index (κ3) is 5.02. The Morgan fingerprint density at radius 1 is 1.19 bits per heavy atom. The number of hydrogen-bond donors (Lipinski definition) is 3. The minimum atomic E-state index is -0.319. The van der Waals surface area contributed by atoms with Gasteiger partial charge in [-0.05, 0) is 24.3 Å². The molecule has 116 valence electrons. The lowest BCUT2D eigenvalue weighted by Gasteiger charge is -2.34. The standard InChI is InChI=1S/C15H21N3O2.ClH/c16-9-13(19)17-10-14(20)18-15(12-7-4-8-12)11-5-2-1-3-6-11;/h1-3,5-6,12,15H,4,7-10,16H2,(H,17,19)(H,18,20);1H. The summed E-state index contributed by atoms with van der Waals surface area (Å²) in [5, 5.41) is 5.51. The van der Waals surface area contributed by atoms with E-state index < -0.39 is 0 Å². The van der Waals surface area contributed by atoms with Crippen LogP contribution in [-0.4, -0.2) is 24.9 Å². The Morgan fingerprint density at radius 3 is 2.38 bits per heavy atom. The number of nitrogens with two attached hydrogens (primary N) is 1. The molecule has 1 fully saturated rings. The first-order valence-electron chi connectivity index (χ1n) is 7.02. The Kier molecular flexibility index (Phi) is 7.19. The van der Waals surface area contributed by atoms with Gasteiger partial charge in [-0.25, -0.2) is 0 Å². The molecule has 1 aliphatic rings. The Bertz CT molecular complexity index is 463. The van der Waals surface area contributed by atoms with Crippen LogP contribution < -0.4 is 16.4 Å². The topological polar surface area (TPSA) is 84.2 Å². The van der Waals surface area contributed by atoms with Crippen molar-refractivity contribution in [1.82, 2.24) is 10.6 Å². The highest BCUT2D eigenvalue weighted by Crippen LogP contribution is 2.37. The van der Waals surface area contributed by atoms with Crippen LogP contribution in [0.4, 0.5) is 0 Å². The van der Waals surface area contributed by atoms with E-state index in [1.807, 2.05) is 30.3 Å². The van der Waals surface area contributed by atoms with Gasteiger partial charge in [-0.15, -0.1) is 12.4 Å². The molecule has 4 N–H and O–H groups in total. The van der Waals surface area contributed by atoms with Crippen molar-refractivity contribution in [2.45, 2.75) is 25.3 Å². The van der Waals surface area contributed by atoms with Crippen LogP contribution in [0.5, 0.6) is 0 Å². The fourth-order valence-corrected chi connectivity index (χ4v) is 2.38. The molecule has 1 unspecified atom stereocenters. The fourth-order valence-electron chi connectivity index (χ4n) is 2.38. The molecule has 6 heteroatoms. The Hall–Kier alpha value is -1.59. The minimum absolute atomic E-state index is 0. The summed E-state index contributed by atoms with van der Waals surface area (Å²) in [5.74, 6) is -0.000770. The van der Waals surface area contributed by atoms with Crippen molar-refractivity contribution in [3.63, 3.8) is 0 Å². The molecular weight excluding hydrogens is 290 g/mol. The predicted octanol–water partition coefficient (Wildman–Crippen LogP) is 1.14. The molecule has 0 bridgehead atoms. The number of carbonyl (C=O) groups excluding carboxylic acids is 2. The van der Waals surface area contributed by atoms with Crippen LogP contribution in [0.1, 0.15) is 30.9 Å². The van der Waals surface area contributed by atoms with Gasteiger partial charge in [0.15, 0.2) is 0 Å². The monoisotopic (exact) mass is 311 g/mol. The number of amides is 2. The summed E-state index contributed by atoms with van der Waals surface area (Å²) in [6, 6.07) is 10.0. The van der Waals surface area contributed by atoms with Crippen LogP contribution in [0.3, 0.4) is 0 Å². The SMILES string of the molecule is Cl.NCC(=O)NCC(=O)NC(c1ccccc1)C1CCC1. The Morgan fingerprint density at radius 2 is 1.86 bits per heavy atom. The fraction of sp³-hybridized carbons (Fsp3) is 0.467. The highest BCUT2D eigenvalue weighted by atomic mass is 35.5. The molecule has 0 aromatic heterocycles. The molecule has 1 aliphatic carbocycles. The summed E-state index contributed by atoms with van der Waals surface area (Å²) in [7, 11) is 0. The molecule has 0 heterocycles.